The molecule has 1 unspecified atom stereocenters. The Morgan fingerprint density at radius 1 is 1.25 bits per heavy atom. The van der Waals surface area contributed by atoms with Gasteiger partial charge in [-0.25, -0.2) is 8.78 Å². The molecule has 1 nitrogen and oxygen atoms in total. The first-order chi connectivity index (χ1) is 9.54. The lowest BCUT2D eigenvalue weighted by molar-refractivity contribution is 0.579. The molecule has 1 aromatic heterocycles. The van der Waals surface area contributed by atoms with Crippen molar-refractivity contribution in [1.29, 1.82) is 0 Å². The molecule has 1 aliphatic rings. The molecule has 106 valence electrons. The van der Waals surface area contributed by atoms with Crippen molar-refractivity contribution in [3.8, 4) is 0 Å². The van der Waals surface area contributed by atoms with Gasteiger partial charge in [-0.05, 0) is 75.5 Å². The predicted molar refractivity (Wildman–Crippen MR) is 90.4 cm³/mol. The molecule has 0 saturated carbocycles. The van der Waals surface area contributed by atoms with Crippen LogP contribution in [0.25, 0.3) is 0 Å². The summed E-state index contributed by atoms with van der Waals surface area (Å²) in [6.07, 6.45) is 3.09. The van der Waals surface area contributed by atoms with E-state index in [1.54, 1.807) is 11.3 Å². The summed E-state index contributed by atoms with van der Waals surface area (Å²) in [6.45, 7) is 0. The maximum Gasteiger partial charge on any atom is 0.147 e. The Balaban J connectivity index is 1.91. The van der Waals surface area contributed by atoms with E-state index in [2.05, 4.69) is 49.9 Å². The molecule has 1 atom stereocenters. The van der Waals surface area contributed by atoms with Crippen molar-refractivity contribution in [2.75, 3.05) is 5.32 Å². The smallest absolute Gasteiger partial charge is 0.147 e. The minimum absolute atomic E-state index is 0.0635. The lowest BCUT2D eigenvalue weighted by atomic mass is 9.94. The quantitative estimate of drug-likeness (QED) is 0.427. The molecular formula is C14H11BrF2INS. The fraction of sp³-hybridized carbons (Fsp3) is 0.286. The van der Waals surface area contributed by atoms with Crippen molar-refractivity contribution in [2.24, 2.45) is 0 Å². The highest BCUT2D eigenvalue weighted by Gasteiger charge is 2.23. The number of aryl methyl sites for hydroxylation is 1. The minimum atomic E-state index is -0.454. The Morgan fingerprint density at radius 3 is 2.85 bits per heavy atom. The third kappa shape index (κ3) is 2.87. The van der Waals surface area contributed by atoms with Crippen molar-refractivity contribution in [3.05, 3.63) is 47.6 Å². The van der Waals surface area contributed by atoms with Crippen molar-refractivity contribution in [1.82, 2.24) is 0 Å². The topological polar surface area (TPSA) is 12.0 Å². The van der Waals surface area contributed by atoms with E-state index in [9.17, 15) is 8.78 Å². The molecule has 1 aromatic carbocycles. The summed E-state index contributed by atoms with van der Waals surface area (Å²) in [5.41, 5.74) is 1.46. The molecule has 3 rings (SSSR count). The fourth-order valence-electron chi connectivity index (χ4n) is 2.49. The summed E-state index contributed by atoms with van der Waals surface area (Å²) in [4.78, 5) is 1.36. The van der Waals surface area contributed by atoms with Crippen LogP contribution in [-0.2, 0) is 6.42 Å². The van der Waals surface area contributed by atoms with Crippen LogP contribution in [0.4, 0.5) is 14.5 Å². The number of benzene rings is 1. The molecule has 20 heavy (non-hydrogen) atoms. The van der Waals surface area contributed by atoms with E-state index in [-0.39, 0.29) is 16.2 Å². The van der Waals surface area contributed by atoms with Gasteiger partial charge in [-0.2, -0.15) is 0 Å². The molecule has 0 amide bonds. The van der Waals surface area contributed by atoms with Crippen LogP contribution in [0.5, 0.6) is 0 Å². The van der Waals surface area contributed by atoms with E-state index in [1.165, 1.54) is 25.5 Å². The molecular weight excluding hydrogens is 459 g/mol. The number of nitrogens with one attached hydrogen (secondary N) is 1. The van der Waals surface area contributed by atoms with Gasteiger partial charge in [-0.15, -0.1) is 11.3 Å². The second-order valence-corrected chi connectivity index (χ2v) is 8.65. The van der Waals surface area contributed by atoms with Gasteiger partial charge in [0.2, 0.25) is 0 Å². The number of halogens is 4. The maximum atomic E-state index is 13.9. The molecule has 1 N–H and O–H groups in total. The number of hydrogen-bond acceptors (Lipinski definition) is 2. The largest absolute Gasteiger partial charge is 0.376 e. The van der Waals surface area contributed by atoms with E-state index in [0.29, 0.717) is 0 Å². The van der Waals surface area contributed by atoms with Crippen LogP contribution in [0.15, 0.2) is 22.7 Å². The highest BCUT2D eigenvalue weighted by atomic mass is 127. The molecule has 0 fully saturated rings. The third-order valence-electron chi connectivity index (χ3n) is 3.42. The standard InChI is InChI=1S/C14H11BrF2INS/c15-8-5-10(17)12(6-9(8)16)19-11-2-1-3-13-7(11)4-14(18)20-13/h4-6,11,19H,1-3H2. The monoisotopic (exact) mass is 469 g/mol. The Labute approximate surface area is 142 Å². The number of fused-ring (bicyclic) bond motifs is 1. The maximum absolute atomic E-state index is 13.9. The van der Waals surface area contributed by atoms with E-state index < -0.39 is 11.6 Å². The average Bonchev–Trinajstić information content (AvgIpc) is 2.77. The first-order valence-electron chi connectivity index (χ1n) is 6.24. The van der Waals surface area contributed by atoms with Crippen LogP contribution >= 0.6 is 49.9 Å². The van der Waals surface area contributed by atoms with Crippen LogP contribution in [0.3, 0.4) is 0 Å². The van der Waals surface area contributed by atoms with Crippen LogP contribution in [-0.4, -0.2) is 0 Å². The summed E-state index contributed by atoms with van der Waals surface area (Å²) in [7, 11) is 0. The molecule has 6 heteroatoms. The summed E-state index contributed by atoms with van der Waals surface area (Å²) < 4.78 is 28.9. The van der Waals surface area contributed by atoms with Gasteiger partial charge in [0.1, 0.15) is 11.6 Å². The van der Waals surface area contributed by atoms with Crippen LogP contribution in [0.2, 0.25) is 0 Å². The fourth-order valence-corrected chi connectivity index (χ4v) is 4.93. The predicted octanol–water partition coefficient (Wildman–Crippen LogP) is 5.88. The zero-order chi connectivity index (χ0) is 14.3. The van der Waals surface area contributed by atoms with Gasteiger partial charge in [0.25, 0.3) is 0 Å². The molecule has 0 bridgehead atoms. The third-order valence-corrected chi connectivity index (χ3v) is 6.00. The summed E-state index contributed by atoms with van der Waals surface area (Å²) in [5.74, 6) is -0.889. The van der Waals surface area contributed by atoms with E-state index in [1.807, 2.05) is 0 Å². The van der Waals surface area contributed by atoms with Crippen molar-refractivity contribution in [3.63, 3.8) is 0 Å². The Bertz CT molecular complexity index is 659. The lowest BCUT2D eigenvalue weighted by Gasteiger charge is -2.25. The second kappa shape index (κ2) is 5.88. The first kappa shape index (κ1) is 14.7. The molecule has 0 aliphatic heterocycles. The Hall–Kier alpha value is -0.210. The molecule has 1 aliphatic carbocycles. The van der Waals surface area contributed by atoms with Crippen LogP contribution in [0.1, 0.15) is 29.3 Å². The summed E-state index contributed by atoms with van der Waals surface area (Å²) in [5, 5.41) is 3.15. The van der Waals surface area contributed by atoms with Crippen molar-refractivity contribution < 1.29 is 8.78 Å². The van der Waals surface area contributed by atoms with Gasteiger partial charge >= 0.3 is 0 Å². The van der Waals surface area contributed by atoms with Gasteiger partial charge in [0, 0.05) is 10.9 Å². The van der Waals surface area contributed by atoms with Gasteiger partial charge in [-0.3, -0.25) is 0 Å². The molecule has 0 spiro atoms. The zero-order valence-corrected chi connectivity index (χ0v) is 14.9. The second-order valence-electron chi connectivity index (χ2n) is 4.76. The first-order valence-corrected chi connectivity index (χ1v) is 8.92. The van der Waals surface area contributed by atoms with Gasteiger partial charge in [0.05, 0.1) is 19.1 Å². The number of anilines is 1. The average molecular weight is 470 g/mol. The van der Waals surface area contributed by atoms with Gasteiger partial charge in [-0.1, -0.05) is 0 Å². The van der Waals surface area contributed by atoms with Crippen LogP contribution < -0.4 is 5.32 Å². The molecule has 0 saturated heterocycles. The van der Waals surface area contributed by atoms with Gasteiger partial charge in [0.15, 0.2) is 0 Å². The molecule has 0 radical (unpaired) electrons. The Morgan fingerprint density at radius 2 is 2.05 bits per heavy atom. The highest BCUT2D eigenvalue weighted by molar-refractivity contribution is 14.1. The van der Waals surface area contributed by atoms with E-state index in [0.717, 1.165) is 19.3 Å². The van der Waals surface area contributed by atoms with Gasteiger partial charge < -0.3 is 5.32 Å². The highest BCUT2D eigenvalue weighted by Crippen LogP contribution is 2.38. The number of hydrogen-bond donors (Lipinski definition) is 1. The van der Waals surface area contributed by atoms with Crippen molar-refractivity contribution >= 4 is 55.5 Å². The lowest BCUT2D eigenvalue weighted by Crippen LogP contribution is -2.16. The normalized spacial score (nSPS) is 17.9. The number of rotatable bonds is 2. The minimum Gasteiger partial charge on any atom is -0.376 e. The number of thiophene rings is 1. The summed E-state index contributed by atoms with van der Waals surface area (Å²) in [6, 6.07) is 4.59. The molecule has 1 heterocycles. The summed E-state index contributed by atoms with van der Waals surface area (Å²) >= 11 is 7.09. The van der Waals surface area contributed by atoms with E-state index >= 15 is 0 Å². The Kier molecular flexibility index (Phi) is 4.33. The molecule has 2 aromatic rings. The van der Waals surface area contributed by atoms with E-state index in [4.69, 9.17) is 0 Å². The van der Waals surface area contributed by atoms with Crippen molar-refractivity contribution in [2.45, 2.75) is 25.3 Å². The SMILES string of the molecule is Fc1cc(NC2CCCc3sc(I)cc32)c(F)cc1Br. The van der Waals surface area contributed by atoms with Crippen LogP contribution in [0, 0.1) is 14.5 Å². The zero-order valence-electron chi connectivity index (χ0n) is 10.4.